The lowest BCUT2D eigenvalue weighted by Crippen LogP contribution is -2.49. The zero-order valence-corrected chi connectivity index (χ0v) is 16.7. The van der Waals surface area contributed by atoms with Gasteiger partial charge >= 0.3 is 0 Å². The van der Waals surface area contributed by atoms with Gasteiger partial charge in [0.25, 0.3) is 0 Å². The first-order valence-corrected chi connectivity index (χ1v) is 9.12. The van der Waals surface area contributed by atoms with E-state index in [1.165, 1.54) is 0 Å². The van der Waals surface area contributed by atoms with Crippen molar-refractivity contribution in [3.63, 3.8) is 0 Å². The highest BCUT2D eigenvalue weighted by atomic mass is 35.5. The summed E-state index contributed by atoms with van der Waals surface area (Å²) in [5, 5.41) is 13.0. The minimum atomic E-state index is -0.858. The lowest BCUT2D eigenvalue weighted by atomic mass is 9.89. The van der Waals surface area contributed by atoms with Crippen LogP contribution in [0.2, 0.25) is 5.02 Å². The van der Waals surface area contributed by atoms with Gasteiger partial charge in [-0.2, -0.15) is 5.26 Å². The molecule has 1 amide bonds. The van der Waals surface area contributed by atoms with Crippen LogP contribution in [0.15, 0.2) is 36.4 Å². The summed E-state index contributed by atoms with van der Waals surface area (Å²) in [5.41, 5.74) is 4.51. The third-order valence-corrected chi connectivity index (χ3v) is 5.23. The third kappa shape index (κ3) is 4.45. The van der Waals surface area contributed by atoms with Crippen LogP contribution in [0.25, 0.3) is 11.1 Å². The summed E-state index contributed by atoms with van der Waals surface area (Å²) in [6.07, 6.45) is 0.261. The van der Waals surface area contributed by atoms with Crippen molar-refractivity contribution < 1.29 is 4.79 Å². The predicted molar refractivity (Wildman–Crippen MR) is 107 cm³/mol. The van der Waals surface area contributed by atoms with Gasteiger partial charge in [0.15, 0.2) is 0 Å². The number of hydrogen-bond acceptors (Lipinski definition) is 2. The van der Waals surface area contributed by atoms with Crippen LogP contribution in [-0.2, 0) is 11.2 Å². The molecule has 0 heterocycles. The summed E-state index contributed by atoms with van der Waals surface area (Å²) in [6.45, 7) is 9.67. The molecule has 1 unspecified atom stereocenters. The maximum Gasteiger partial charge on any atom is 0.225 e. The van der Waals surface area contributed by atoms with Gasteiger partial charge in [-0.15, -0.1) is 0 Å². The molecule has 0 saturated carbocycles. The van der Waals surface area contributed by atoms with E-state index in [9.17, 15) is 10.1 Å². The van der Waals surface area contributed by atoms with E-state index in [0.29, 0.717) is 5.02 Å². The maximum absolute atomic E-state index is 12.5. The Balaban J connectivity index is 2.24. The van der Waals surface area contributed by atoms with Crippen molar-refractivity contribution >= 4 is 17.5 Å². The highest BCUT2D eigenvalue weighted by molar-refractivity contribution is 6.30. The van der Waals surface area contributed by atoms with E-state index in [-0.39, 0.29) is 18.2 Å². The van der Waals surface area contributed by atoms with Crippen LogP contribution in [-0.4, -0.2) is 11.4 Å². The predicted octanol–water partition coefficient (Wildman–Crippen LogP) is 5.22. The van der Waals surface area contributed by atoms with Gasteiger partial charge in [0.05, 0.1) is 12.5 Å². The fraction of sp³-hybridized carbons (Fsp3) is 0.364. The second-order valence-electron chi connectivity index (χ2n) is 7.29. The van der Waals surface area contributed by atoms with E-state index in [1.807, 2.05) is 52.0 Å². The number of carbonyl (C=O) groups excluding carboxylic acids is 1. The lowest BCUT2D eigenvalue weighted by Gasteiger charge is -2.27. The average Bonchev–Trinajstić information content (AvgIpc) is 2.58. The molecule has 0 aliphatic carbocycles. The molecular formula is C22H25ClN2O. The van der Waals surface area contributed by atoms with Crippen molar-refractivity contribution in [1.29, 1.82) is 5.26 Å². The Morgan fingerprint density at radius 3 is 2.35 bits per heavy atom. The summed E-state index contributed by atoms with van der Waals surface area (Å²) in [5.74, 6) is -0.101. The molecular weight excluding hydrogens is 344 g/mol. The minimum Gasteiger partial charge on any atom is -0.338 e. The number of hydrogen-bond donors (Lipinski definition) is 1. The number of halogens is 1. The van der Waals surface area contributed by atoms with Crippen molar-refractivity contribution in [2.24, 2.45) is 5.92 Å². The summed E-state index contributed by atoms with van der Waals surface area (Å²) < 4.78 is 0. The van der Waals surface area contributed by atoms with E-state index in [1.54, 1.807) is 6.92 Å². The standard InChI is InChI=1S/C22H25ClN2O/c1-14(2)22(5,13-24)25-21(26)12-18-10-16(4)20(11-15(18)3)17-6-8-19(23)9-7-17/h6-11,14H,12H2,1-5H3,(H,25,26). The largest absolute Gasteiger partial charge is 0.338 e. The van der Waals surface area contributed by atoms with Gasteiger partial charge in [0.2, 0.25) is 5.91 Å². The topological polar surface area (TPSA) is 52.9 Å². The Morgan fingerprint density at radius 1 is 1.19 bits per heavy atom. The van der Waals surface area contributed by atoms with Gasteiger partial charge in [-0.1, -0.05) is 49.7 Å². The average molecular weight is 369 g/mol. The molecule has 0 fully saturated rings. The molecule has 0 saturated heterocycles. The van der Waals surface area contributed by atoms with Gasteiger partial charge in [0, 0.05) is 5.02 Å². The highest BCUT2D eigenvalue weighted by Gasteiger charge is 2.30. The van der Waals surface area contributed by atoms with Crippen molar-refractivity contribution in [2.45, 2.75) is 46.6 Å². The molecule has 0 aliphatic heterocycles. The molecule has 0 radical (unpaired) electrons. The molecule has 1 atom stereocenters. The summed E-state index contributed by atoms with van der Waals surface area (Å²) in [4.78, 5) is 12.5. The molecule has 0 spiro atoms. The van der Waals surface area contributed by atoms with Gasteiger partial charge in [0.1, 0.15) is 5.54 Å². The van der Waals surface area contributed by atoms with E-state index < -0.39 is 5.54 Å². The molecule has 0 bridgehead atoms. The van der Waals surface area contributed by atoms with Crippen LogP contribution < -0.4 is 5.32 Å². The van der Waals surface area contributed by atoms with Gasteiger partial charge < -0.3 is 5.32 Å². The van der Waals surface area contributed by atoms with Crippen LogP contribution >= 0.6 is 11.6 Å². The molecule has 0 aromatic heterocycles. The Morgan fingerprint density at radius 2 is 1.81 bits per heavy atom. The first-order chi connectivity index (χ1) is 12.2. The first-order valence-electron chi connectivity index (χ1n) is 8.74. The Hall–Kier alpha value is -2.31. The number of carbonyl (C=O) groups is 1. The highest BCUT2D eigenvalue weighted by Crippen LogP contribution is 2.28. The molecule has 26 heavy (non-hydrogen) atoms. The quantitative estimate of drug-likeness (QED) is 0.786. The van der Waals surface area contributed by atoms with Gasteiger partial charge in [-0.3, -0.25) is 4.79 Å². The van der Waals surface area contributed by atoms with Crippen molar-refractivity contribution in [3.8, 4) is 17.2 Å². The Bertz CT molecular complexity index is 850. The van der Waals surface area contributed by atoms with Gasteiger partial charge in [-0.05, 0) is 66.6 Å². The molecule has 3 nitrogen and oxygen atoms in total. The number of nitrogens with one attached hydrogen (secondary N) is 1. The van der Waals surface area contributed by atoms with Crippen molar-refractivity contribution in [2.75, 3.05) is 0 Å². The van der Waals surface area contributed by atoms with Gasteiger partial charge in [-0.25, -0.2) is 0 Å². The second kappa shape index (κ2) is 7.93. The minimum absolute atomic E-state index is 0.0339. The fourth-order valence-electron chi connectivity index (χ4n) is 2.82. The molecule has 1 N–H and O–H groups in total. The lowest BCUT2D eigenvalue weighted by molar-refractivity contribution is -0.122. The first kappa shape index (κ1) is 20.0. The normalized spacial score (nSPS) is 13.2. The number of aryl methyl sites for hydroxylation is 2. The fourth-order valence-corrected chi connectivity index (χ4v) is 2.94. The Labute approximate surface area is 161 Å². The number of amides is 1. The van der Waals surface area contributed by atoms with Crippen molar-refractivity contribution in [3.05, 3.63) is 58.1 Å². The second-order valence-corrected chi connectivity index (χ2v) is 7.73. The number of rotatable bonds is 5. The summed E-state index contributed by atoms with van der Waals surface area (Å²) >= 11 is 5.97. The van der Waals surface area contributed by atoms with Crippen LogP contribution in [0.3, 0.4) is 0 Å². The molecule has 136 valence electrons. The number of nitriles is 1. The van der Waals surface area contributed by atoms with Crippen LogP contribution in [0, 0.1) is 31.1 Å². The molecule has 2 aromatic carbocycles. The molecule has 0 aliphatic rings. The van der Waals surface area contributed by atoms with E-state index in [4.69, 9.17) is 11.6 Å². The van der Waals surface area contributed by atoms with E-state index in [0.717, 1.165) is 27.8 Å². The molecule has 2 aromatic rings. The van der Waals surface area contributed by atoms with Crippen LogP contribution in [0.4, 0.5) is 0 Å². The molecule has 4 heteroatoms. The Kier molecular flexibility index (Phi) is 6.10. The van der Waals surface area contributed by atoms with E-state index >= 15 is 0 Å². The van der Waals surface area contributed by atoms with Crippen LogP contribution in [0.5, 0.6) is 0 Å². The third-order valence-electron chi connectivity index (χ3n) is 4.98. The maximum atomic E-state index is 12.5. The monoisotopic (exact) mass is 368 g/mol. The summed E-state index contributed by atoms with van der Waals surface area (Å²) in [6, 6.07) is 14.1. The van der Waals surface area contributed by atoms with Crippen LogP contribution in [0.1, 0.15) is 37.5 Å². The zero-order valence-electron chi connectivity index (χ0n) is 16.0. The zero-order chi connectivity index (χ0) is 19.5. The smallest absolute Gasteiger partial charge is 0.225 e. The van der Waals surface area contributed by atoms with Crippen molar-refractivity contribution in [1.82, 2.24) is 5.32 Å². The van der Waals surface area contributed by atoms with E-state index in [2.05, 4.69) is 23.5 Å². The summed E-state index contributed by atoms with van der Waals surface area (Å²) in [7, 11) is 0. The molecule has 2 rings (SSSR count). The number of nitrogens with zero attached hydrogens (tertiary/aromatic N) is 1. The number of benzene rings is 2. The SMILES string of the molecule is Cc1cc(-c2ccc(Cl)cc2)c(C)cc1CC(=O)NC(C)(C#N)C(C)C.